The fourth-order valence-corrected chi connectivity index (χ4v) is 16.2. The highest BCUT2D eigenvalue weighted by molar-refractivity contribution is 7.47. The lowest BCUT2D eigenvalue weighted by molar-refractivity contribution is -0.161. The Bertz CT molecular complexity index is 2150. The van der Waals surface area contributed by atoms with Gasteiger partial charge in [0.1, 0.15) is 19.3 Å². The van der Waals surface area contributed by atoms with E-state index >= 15 is 0 Å². The van der Waals surface area contributed by atoms with Gasteiger partial charge in [-0.15, -0.1) is 0 Å². The summed E-state index contributed by atoms with van der Waals surface area (Å²) in [6.45, 7) is 12.1. The molecule has 17 nitrogen and oxygen atoms in total. The second kappa shape index (κ2) is 82.7. The van der Waals surface area contributed by atoms with Crippen molar-refractivity contribution in [3.8, 4) is 0 Å². The average molecular weight is 1630 g/mol. The summed E-state index contributed by atoms with van der Waals surface area (Å²) < 4.78 is 69.1. The van der Waals surface area contributed by atoms with E-state index in [4.69, 9.17) is 37.0 Å². The minimum atomic E-state index is -4.97. The molecule has 0 rings (SSSR count). The minimum absolute atomic E-state index is 0.108. The molecule has 0 aliphatic carbocycles. The van der Waals surface area contributed by atoms with Gasteiger partial charge in [-0.1, -0.05) is 447 Å². The normalized spacial score (nSPS) is 13.8. The number of aliphatic hydroxyl groups is 1. The van der Waals surface area contributed by atoms with Crippen LogP contribution >= 0.6 is 15.6 Å². The van der Waals surface area contributed by atoms with E-state index < -0.39 is 97.5 Å². The molecule has 0 spiro atoms. The minimum Gasteiger partial charge on any atom is -0.462 e. The summed E-state index contributed by atoms with van der Waals surface area (Å²) in [6.07, 6.45) is 76.4. The van der Waals surface area contributed by atoms with Gasteiger partial charge >= 0.3 is 39.5 Å². The highest BCUT2D eigenvalue weighted by Gasteiger charge is 2.31. The average Bonchev–Trinajstić information content (AvgIpc) is 0.902. The zero-order valence-corrected chi connectivity index (χ0v) is 75.9. The Morgan fingerprint density at radius 2 is 0.411 bits per heavy atom. The number of rotatable bonds is 91. The second-order valence-electron chi connectivity index (χ2n) is 34.8. The standard InChI is InChI=1S/C93H182O17P2/c1-8-9-10-11-12-13-14-39-46-53-60-67-74-90(95)103-80-88(109-93(98)77-70-63-56-49-42-35-29-23-26-32-38-45-52-59-66-73-86(6)7)82-107-111(99,100)105-78-87(94)79-106-112(101,102)108-83-89(110-92(97)76-69-62-55-48-41-34-28-22-18-16-20-25-31-37-44-51-58-65-72-85(4)5)81-104-91(96)75-68-61-54-47-40-33-27-21-17-15-19-24-30-36-43-50-57-64-71-84(2)3/h84-89,94H,8-83H2,1-7H3,(H,99,100)(H,101,102)/t87-,88+,89+/m0/s1. The Morgan fingerprint density at radius 3 is 0.607 bits per heavy atom. The van der Waals surface area contributed by atoms with Crippen molar-refractivity contribution in [2.45, 2.75) is 516 Å². The molecule has 0 aliphatic rings. The van der Waals surface area contributed by atoms with Gasteiger partial charge in [-0.05, 0) is 43.4 Å². The number of aliphatic hydroxyl groups excluding tert-OH is 1. The Balaban J connectivity index is 5.24. The number of hydrogen-bond acceptors (Lipinski definition) is 15. The van der Waals surface area contributed by atoms with Crippen LogP contribution in [0.25, 0.3) is 0 Å². The number of carbonyl (C=O) groups excluding carboxylic acids is 4. The van der Waals surface area contributed by atoms with Crippen LogP contribution in [0.1, 0.15) is 498 Å². The molecule has 19 heteroatoms. The van der Waals surface area contributed by atoms with E-state index in [9.17, 15) is 43.2 Å². The molecular formula is C93H182O17P2. The summed E-state index contributed by atoms with van der Waals surface area (Å²) in [7, 11) is -9.94. The molecule has 0 heterocycles. The smallest absolute Gasteiger partial charge is 0.462 e. The van der Waals surface area contributed by atoms with E-state index in [1.807, 2.05) is 0 Å². The van der Waals surface area contributed by atoms with Gasteiger partial charge < -0.3 is 33.8 Å². The number of unbranched alkanes of at least 4 members (excludes halogenated alkanes) is 59. The summed E-state index contributed by atoms with van der Waals surface area (Å²) >= 11 is 0. The molecule has 0 aromatic carbocycles. The van der Waals surface area contributed by atoms with Crippen molar-refractivity contribution in [1.82, 2.24) is 0 Å². The largest absolute Gasteiger partial charge is 0.472 e. The van der Waals surface area contributed by atoms with Crippen LogP contribution in [0.4, 0.5) is 0 Å². The number of esters is 4. The van der Waals surface area contributed by atoms with Gasteiger partial charge in [-0.3, -0.25) is 37.3 Å². The molecule has 0 saturated carbocycles. The van der Waals surface area contributed by atoms with Crippen LogP contribution in [0.2, 0.25) is 0 Å². The van der Waals surface area contributed by atoms with Gasteiger partial charge in [0.05, 0.1) is 26.4 Å². The molecule has 5 atom stereocenters. The van der Waals surface area contributed by atoms with Gasteiger partial charge in [0.25, 0.3) is 0 Å². The third kappa shape index (κ3) is 85.9. The first-order valence-corrected chi connectivity index (χ1v) is 50.8. The molecule has 0 saturated heterocycles. The molecule has 0 aromatic heterocycles. The maximum Gasteiger partial charge on any atom is 0.472 e. The van der Waals surface area contributed by atoms with Crippen LogP contribution in [-0.2, 0) is 65.4 Å². The number of phosphoric acid groups is 2. The first kappa shape index (κ1) is 110. The van der Waals surface area contributed by atoms with Crippen molar-refractivity contribution in [2.24, 2.45) is 17.8 Å². The van der Waals surface area contributed by atoms with Crippen LogP contribution in [0, 0.1) is 17.8 Å². The zero-order chi connectivity index (χ0) is 82.2. The van der Waals surface area contributed by atoms with Gasteiger partial charge in [-0.25, -0.2) is 9.13 Å². The van der Waals surface area contributed by atoms with Crippen molar-refractivity contribution in [3.05, 3.63) is 0 Å². The molecule has 112 heavy (non-hydrogen) atoms. The van der Waals surface area contributed by atoms with Crippen LogP contribution in [0.5, 0.6) is 0 Å². The SMILES string of the molecule is CCCCCCCCCCCCCCC(=O)OC[C@H](COP(=O)(O)OC[C@H](O)COP(=O)(O)OC[C@@H](COC(=O)CCCCCCCCCCCCCCCCCCCCC(C)C)OC(=O)CCCCCCCCCCCCCCCCCCCCC(C)C)OC(=O)CCCCCCCCCCCCCCCCCC(C)C. The number of hydrogen-bond donors (Lipinski definition) is 3. The van der Waals surface area contributed by atoms with E-state index in [1.165, 1.54) is 308 Å². The van der Waals surface area contributed by atoms with Crippen molar-refractivity contribution in [1.29, 1.82) is 0 Å². The van der Waals surface area contributed by atoms with Crippen molar-refractivity contribution < 1.29 is 80.2 Å². The topological polar surface area (TPSA) is 237 Å². The summed E-state index contributed by atoms with van der Waals surface area (Å²) in [5.74, 6) is 0.352. The fourth-order valence-electron chi connectivity index (χ4n) is 14.6. The lowest BCUT2D eigenvalue weighted by Crippen LogP contribution is -2.30. The molecule has 3 N–H and O–H groups in total. The van der Waals surface area contributed by atoms with E-state index in [1.54, 1.807) is 0 Å². The maximum absolute atomic E-state index is 13.2. The van der Waals surface area contributed by atoms with Crippen molar-refractivity contribution in [3.63, 3.8) is 0 Å². The van der Waals surface area contributed by atoms with Crippen LogP contribution in [0.15, 0.2) is 0 Å². The molecule has 0 aromatic rings. The third-order valence-corrected chi connectivity index (χ3v) is 23.8. The summed E-state index contributed by atoms with van der Waals surface area (Å²) in [4.78, 5) is 73.5. The molecule has 0 bridgehead atoms. The maximum atomic E-state index is 13.2. The predicted molar refractivity (Wildman–Crippen MR) is 465 cm³/mol. The third-order valence-electron chi connectivity index (χ3n) is 21.9. The highest BCUT2D eigenvalue weighted by atomic mass is 31.2. The van der Waals surface area contributed by atoms with Crippen LogP contribution < -0.4 is 0 Å². The highest BCUT2D eigenvalue weighted by Crippen LogP contribution is 2.45. The molecule has 0 aliphatic heterocycles. The number of carbonyl (C=O) groups is 4. The molecule has 0 amide bonds. The lowest BCUT2D eigenvalue weighted by Gasteiger charge is -2.21. The second-order valence-corrected chi connectivity index (χ2v) is 37.7. The predicted octanol–water partition coefficient (Wildman–Crippen LogP) is 28.8. The van der Waals surface area contributed by atoms with Gasteiger partial charge in [0.2, 0.25) is 0 Å². The molecule has 0 fully saturated rings. The quantitative estimate of drug-likeness (QED) is 0.0222. The van der Waals surface area contributed by atoms with E-state index in [-0.39, 0.29) is 25.7 Å². The van der Waals surface area contributed by atoms with Crippen molar-refractivity contribution >= 4 is 39.5 Å². The first-order chi connectivity index (χ1) is 54.2. The van der Waals surface area contributed by atoms with Crippen LogP contribution in [0.3, 0.4) is 0 Å². The molecule has 2 unspecified atom stereocenters. The molecular weight excluding hydrogens is 1450 g/mol. The number of phosphoric ester groups is 2. The Hall–Kier alpha value is -1.94. The van der Waals surface area contributed by atoms with Crippen LogP contribution in [-0.4, -0.2) is 96.7 Å². The number of ether oxygens (including phenoxy) is 4. The fraction of sp³-hybridized carbons (Fsp3) is 0.957. The summed E-state index contributed by atoms with van der Waals surface area (Å²) in [6, 6.07) is 0. The van der Waals surface area contributed by atoms with Gasteiger partial charge in [-0.2, -0.15) is 0 Å². The Kier molecular flexibility index (Phi) is 81.3. The van der Waals surface area contributed by atoms with Crippen molar-refractivity contribution in [2.75, 3.05) is 39.6 Å². The van der Waals surface area contributed by atoms with E-state index in [0.29, 0.717) is 25.7 Å². The zero-order valence-electron chi connectivity index (χ0n) is 74.2. The van der Waals surface area contributed by atoms with Gasteiger partial charge in [0.15, 0.2) is 12.2 Å². The monoisotopic (exact) mass is 1630 g/mol. The van der Waals surface area contributed by atoms with Gasteiger partial charge in [0, 0.05) is 25.7 Å². The molecule has 0 radical (unpaired) electrons. The first-order valence-electron chi connectivity index (χ1n) is 47.8. The summed E-state index contributed by atoms with van der Waals surface area (Å²) in [5.41, 5.74) is 0. The van der Waals surface area contributed by atoms with E-state index in [0.717, 1.165) is 108 Å². The molecule has 666 valence electrons. The Labute approximate surface area is 689 Å². The van der Waals surface area contributed by atoms with E-state index in [2.05, 4.69) is 48.5 Å². The summed E-state index contributed by atoms with van der Waals surface area (Å²) in [5, 5.41) is 10.7. The lowest BCUT2D eigenvalue weighted by atomic mass is 10.0. The Morgan fingerprint density at radius 1 is 0.241 bits per heavy atom.